The normalized spacial score (nSPS) is 16.4. The molecule has 168 valence electrons. The molecule has 0 spiro atoms. The standard InChI is InChI=1S/C24H29FN6O/c1-3-26-24(30-19-11-14-31(15-19)22-21(25)5-4-12-27-22)28-13-10-20-16-32-23(29-20)18-8-6-17(2)7-9-18/h4-9,12,16,19H,3,10-11,13-15H2,1-2H3,(H2,26,28,30). The first-order valence-electron chi connectivity index (χ1n) is 11.0. The molecule has 1 aliphatic heterocycles. The number of aromatic nitrogens is 2. The number of hydrogen-bond donors (Lipinski definition) is 2. The highest BCUT2D eigenvalue weighted by atomic mass is 19.1. The van der Waals surface area contributed by atoms with Crippen molar-refractivity contribution >= 4 is 11.8 Å². The first kappa shape index (κ1) is 21.8. The lowest BCUT2D eigenvalue weighted by atomic mass is 10.1. The predicted molar refractivity (Wildman–Crippen MR) is 124 cm³/mol. The van der Waals surface area contributed by atoms with Crippen LogP contribution >= 0.6 is 0 Å². The lowest BCUT2D eigenvalue weighted by Gasteiger charge is -2.19. The van der Waals surface area contributed by atoms with Gasteiger partial charge in [-0.15, -0.1) is 0 Å². The van der Waals surface area contributed by atoms with Crippen molar-refractivity contribution in [1.29, 1.82) is 0 Å². The lowest BCUT2D eigenvalue weighted by Crippen LogP contribution is -2.44. The van der Waals surface area contributed by atoms with Crippen LogP contribution in [0.2, 0.25) is 0 Å². The van der Waals surface area contributed by atoms with Gasteiger partial charge in [0.1, 0.15) is 6.26 Å². The van der Waals surface area contributed by atoms with Gasteiger partial charge in [-0.2, -0.15) is 0 Å². The fourth-order valence-electron chi connectivity index (χ4n) is 3.73. The molecule has 3 aromatic rings. The Labute approximate surface area is 187 Å². The van der Waals surface area contributed by atoms with E-state index in [-0.39, 0.29) is 11.9 Å². The van der Waals surface area contributed by atoms with E-state index < -0.39 is 0 Å². The summed E-state index contributed by atoms with van der Waals surface area (Å²) in [5.41, 5.74) is 3.04. The van der Waals surface area contributed by atoms with E-state index in [1.807, 2.05) is 36.1 Å². The van der Waals surface area contributed by atoms with Crippen molar-refractivity contribution in [2.75, 3.05) is 31.1 Å². The van der Waals surface area contributed by atoms with E-state index in [4.69, 9.17) is 4.42 Å². The maximum atomic E-state index is 14.0. The fraction of sp³-hybridized carbons (Fsp3) is 0.375. The van der Waals surface area contributed by atoms with Gasteiger partial charge in [-0.3, -0.25) is 4.99 Å². The maximum Gasteiger partial charge on any atom is 0.226 e. The molecule has 1 atom stereocenters. The molecule has 4 rings (SSSR count). The number of nitrogens with zero attached hydrogens (tertiary/aromatic N) is 4. The van der Waals surface area contributed by atoms with E-state index in [0.29, 0.717) is 31.2 Å². The summed E-state index contributed by atoms with van der Waals surface area (Å²) >= 11 is 0. The molecular formula is C24H29FN6O. The van der Waals surface area contributed by atoms with Crippen molar-refractivity contribution in [2.24, 2.45) is 4.99 Å². The molecule has 0 radical (unpaired) electrons. The molecule has 1 aliphatic rings. The smallest absolute Gasteiger partial charge is 0.226 e. The predicted octanol–water partition coefficient (Wildman–Crippen LogP) is 3.56. The number of hydrogen-bond acceptors (Lipinski definition) is 5. The van der Waals surface area contributed by atoms with Gasteiger partial charge >= 0.3 is 0 Å². The van der Waals surface area contributed by atoms with Crippen LogP contribution in [-0.2, 0) is 6.42 Å². The lowest BCUT2D eigenvalue weighted by molar-refractivity contribution is 0.572. The van der Waals surface area contributed by atoms with Gasteiger partial charge in [0.25, 0.3) is 0 Å². The molecule has 2 aromatic heterocycles. The van der Waals surface area contributed by atoms with Gasteiger partial charge in [-0.05, 0) is 44.5 Å². The number of nitrogens with one attached hydrogen (secondary N) is 2. The Bertz CT molecular complexity index is 1050. The monoisotopic (exact) mass is 436 g/mol. The molecule has 0 bridgehead atoms. The highest BCUT2D eigenvalue weighted by molar-refractivity contribution is 5.80. The Morgan fingerprint density at radius 1 is 1.28 bits per heavy atom. The average Bonchev–Trinajstić information content (AvgIpc) is 3.45. The van der Waals surface area contributed by atoms with Crippen molar-refractivity contribution in [3.8, 4) is 11.5 Å². The molecule has 1 aromatic carbocycles. The van der Waals surface area contributed by atoms with Crippen LogP contribution in [0.3, 0.4) is 0 Å². The molecule has 1 unspecified atom stereocenters. The molecule has 8 heteroatoms. The number of benzene rings is 1. The van der Waals surface area contributed by atoms with Crippen LogP contribution in [0, 0.1) is 12.7 Å². The zero-order valence-corrected chi connectivity index (χ0v) is 18.5. The summed E-state index contributed by atoms with van der Waals surface area (Å²) in [7, 11) is 0. The Morgan fingerprint density at radius 3 is 2.91 bits per heavy atom. The Hall–Kier alpha value is -3.42. The summed E-state index contributed by atoms with van der Waals surface area (Å²) in [5, 5.41) is 6.75. The second-order valence-corrected chi connectivity index (χ2v) is 7.91. The zero-order chi connectivity index (χ0) is 22.3. The number of oxazole rings is 1. The molecule has 0 saturated carbocycles. The van der Waals surface area contributed by atoms with Crippen molar-refractivity contribution in [2.45, 2.75) is 32.7 Å². The quantitative estimate of drug-likeness (QED) is 0.436. The van der Waals surface area contributed by atoms with Gasteiger partial charge in [0.05, 0.1) is 5.69 Å². The van der Waals surface area contributed by atoms with Gasteiger partial charge < -0.3 is 20.0 Å². The minimum atomic E-state index is -0.286. The molecule has 0 amide bonds. The van der Waals surface area contributed by atoms with Crippen LogP contribution in [0.5, 0.6) is 0 Å². The fourth-order valence-corrected chi connectivity index (χ4v) is 3.73. The van der Waals surface area contributed by atoms with Crippen LogP contribution in [0.25, 0.3) is 11.5 Å². The number of pyridine rings is 1. The number of aryl methyl sites for hydroxylation is 1. The maximum absolute atomic E-state index is 14.0. The second kappa shape index (κ2) is 10.3. The second-order valence-electron chi connectivity index (χ2n) is 7.91. The van der Waals surface area contributed by atoms with Crippen molar-refractivity contribution in [1.82, 2.24) is 20.6 Å². The average molecular weight is 437 g/mol. The van der Waals surface area contributed by atoms with Gasteiger partial charge in [-0.25, -0.2) is 14.4 Å². The molecular weight excluding hydrogens is 407 g/mol. The highest BCUT2D eigenvalue weighted by Gasteiger charge is 2.25. The first-order chi connectivity index (χ1) is 15.6. The number of aliphatic imine (C=N–C) groups is 1. The summed E-state index contributed by atoms with van der Waals surface area (Å²) in [6, 6.07) is 11.3. The third-order valence-corrected chi connectivity index (χ3v) is 5.40. The van der Waals surface area contributed by atoms with Crippen LogP contribution < -0.4 is 15.5 Å². The highest BCUT2D eigenvalue weighted by Crippen LogP contribution is 2.21. The van der Waals surface area contributed by atoms with Gasteiger partial charge in [0.2, 0.25) is 5.89 Å². The van der Waals surface area contributed by atoms with E-state index in [9.17, 15) is 4.39 Å². The summed E-state index contributed by atoms with van der Waals surface area (Å²) < 4.78 is 19.7. The van der Waals surface area contributed by atoms with Crippen LogP contribution in [0.15, 0.2) is 58.3 Å². The van der Waals surface area contributed by atoms with E-state index in [1.54, 1.807) is 18.5 Å². The molecule has 7 nitrogen and oxygen atoms in total. The van der Waals surface area contributed by atoms with Crippen LogP contribution in [0.4, 0.5) is 10.2 Å². The van der Waals surface area contributed by atoms with E-state index in [2.05, 4.69) is 32.5 Å². The summed E-state index contributed by atoms with van der Waals surface area (Å²) in [5.74, 6) is 1.51. The van der Waals surface area contributed by atoms with Crippen LogP contribution in [0.1, 0.15) is 24.6 Å². The van der Waals surface area contributed by atoms with Crippen molar-refractivity contribution in [3.05, 3.63) is 65.9 Å². The van der Waals surface area contributed by atoms with E-state index >= 15 is 0 Å². The van der Waals surface area contributed by atoms with Crippen molar-refractivity contribution in [3.63, 3.8) is 0 Å². The number of guanidine groups is 1. The van der Waals surface area contributed by atoms with Crippen LogP contribution in [-0.4, -0.2) is 48.1 Å². The molecule has 2 N–H and O–H groups in total. The van der Waals surface area contributed by atoms with E-state index in [1.165, 1.54) is 11.6 Å². The number of anilines is 1. The summed E-state index contributed by atoms with van der Waals surface area (Å²) in [6.45, 7) is 6.87. The SMILES string of the molecule is CCNC(=NCCc1coc(-c2ccc(C)cc2)n1)NC1CCN(c2ncccc2F)C1. The Morgan fingerprint density at radius 2 is 2.12 bits per heavy atom. The minimum Gasteiger partial charge on any atom is -0.444 e. The molecule has 32 heavy (non-hydrogen) atoms. The van der Waals surface area contributed by atoms with Gasteiger partial charge in [-0.1, -0.05) is 17.7 Å². The molecule has 0 aliphatic carbocycles. The number of halogens is 1. The Balaban J connectivity index is 1.32. The van der Waals surface area contributed by atoms with Gasteiger partial charge in [0.15, 0.2) is 17.6 Å². The Kier molecular flexibility index (Phi) is 6.99. The first-order valence-corrected chi connectivity index (χ1v) is 11.0. The van der Waals surface area contributed by atoms with Gasteiger partial charge in [0, 0.05) is 50.4 Å². The molecule has 1 fully saturated rings. The topological polar surface area (TPSA) is 78.6 Å². The zero-order valence-electron chi connectivity index (χ0n) is 18.5. The minimum absolute atomic E-state index is 0.175. The van der Waals surface area contributed by atoms with E-state index in [0.717, 1.165) is 36.7 Å². The third-order valence-electron chi connectivity index (χ3n) is 5.40. The summed E-state index contributed by atoms with van der Waals surface area (Å²) in [6.07, 6.45) is 4.89. The third kappa shape index (κ3) is 5.43. The summed E-state index contributed by atoms with van der Waals surface area (Å²) in [4.78, 5) is 15.4. The number of rotatable bonds is 7. The molecule has 3 heterocycles. The molecule has 1 saturated heterocycles. The largest absolute Gasteiger partial charge is 0.444 e. The van der Waals surface area contributed by atoms with Crippen molar-refractivity contribution < 1.29 is 8.81 Å².